The van der Waals surface area contributed by atoms with E-state index in [1.807, 2.05) is 20.8 Å². The molecule has 0 fully saturated rings. The van der Waals surface area contributed by atoms with E-state index >= 15 is 0 Å². The topological polar surface area (TPSA) is 86.8 Å². The van der Waals surface area contributed by atoms with Crippen molar-refractivity contribution >= 4 is 66.7 Å². The Balaban J connectivity index is 2.06. The molecule has 0 spiro atoms. The lowest BCUT2D eigenvalue weighted by Crippen LogP contribution is -2.52. The minimum absolute atomic E-state index is 0.0127. The molecule has 220 valence electrons. The second-order valence-corrected chi connectivity index (χ2v) is 13.7. The molecule has 3 rings (SSSR count). The van der Waals surface area contributed by atoms with Crippen LogP contribution in [0.2, 0.25) is 10.0 Å². The maximum atomic E-state index is 14.1. The number of nitrogens with zero attached hydrogens (tertiary/aromatic N) is 2. The molecular weight excluding hydrogens is 649 g/mol. The number of amides is 2. The molecule has 1 atom stereocenters. The minimum Gasteiger partial charge on any atom is -0.354 e. The summed E-state index contributed by atoms with van der Waals surface area (Å²) in [5.41, 5.74) is 1.79. The number of anilines is 1. The van der Waals surface area contributed by atoms with Crippen molar-refractivity contribution in [3.05, 3.63) is 92.4 Å². The number of carbonyl (C=O) groups excluding carboxylic acids is 2. The van der Waals surface area contributed by atoms with E-state index in [-0.39, 0.29) is 23.3 Å². The van der Waals surface area contributed by atoms with Gasteiger partial charge in [-0.15, -0.1) is 0 Å². The van der Waals surface area contributed by atoms with Crippen LogP contribution in [-0.2, 0) is 26.2 Å². The predicted octanol–water partition coefficient (Wildman–Crippen LogP) is 6.84. The molecule has 0 aliphatic heterocycles. The van der Waals surface area contributed by atoms with E-state index in [4.69, 9.17) is 23.2 Å². The Morgan fingerprint density at radius 3 is 2.17 bits per heavy atom. The maximum Gasteiger partial charge on any atom is 0.264 e. The fourth-order valence-electron chi connectivity index (χ4n) is 4.15. The van der Waals surface area contributed by atoms with Crippen molar-refractivity contribution in [2.24, 2.45) is 5.92 Å². The van der Waals surface area contributed by atoms with Gasteiger partial charge in [0.25, 0.3) is 10.0 Å². The first-order valence-electron chi connectivity index (χ1n) is 13.2. The molecule has 0 aliphatic carbocycles. The summed E-state index contributed by atoms with van der Waals surface area (Å²) in [4.78, 5) is 28.9. The van der Waals surface area contributed by atoms with Gasteiger partial charge in [0.1, 0.15) is 12.6 Å². The minimum atomic E-state index is -4.15. The number of carbonyl (C=O) groups is 2. The summed E-state index contributed by atoms with van der Waals surface area (Å²) in [6, 6.07) is 17.1. The first-order chi connectivity index (χ1) is 19.3. The summed E-state index contributed by atoms with van der Waals surface area (Å²) in [6.07, 6.45) is 0.309. The van der Waals surface area contributed by atoms with Crippen LogP contribution in [0.3, 0.4) is 0 Å². The largest absolute Gasteiger partial charge is 0.354 e. The molecule has 3 aromatic carbocycles. The summed E-state index contributed by atoms with van der Waals surface area (Å²) in [5, 5.41) is 3.68. The second-order valence-electron chi connectivity index (χ2n) is 10.1. The summed E-state index contributed by atoms with van der Waals surface area (Å²) < 4.78 is 29.7. The van der Waals surface area contributed by atoms with Crippen molar-refractivity contribution in [2.45, 2.75) is 51.6 Å². The lowest BCUT2D eigenvalue weighted by molar-refractivity contribution is -0.140. The number of sulfonamides is 1. The Kier molecular flexibility index (Phi) is 11.7. The van der Waals surface area contributed by atoms with Crippen molar-refractivity contribution in [1.29, 1.82) is 0 Å². The normalized spacial score (nSPS) is 12.2. The van der Waals surface area contributed by atoms with Crippen molar-refractivity contribution in [2.75, 3.05) is 17.4 Å². The standard InChI is InChI=1S/C30H34BrCl2N3O4S/c1-5-28(30(38)34-17-20(2)3)35(18-22-8-11-24(32)16-27(22)33)29(37)19-36(25-12-9-23(31)10-13-25)41(39,40)26-14-6-21(4)7-15-26/h6-16,20,28H,5,17-19H2,1-4H3,(H,34,38). The van der Waals surface area contributed by atoms with Gasteiger partial charge in [0, 0.05) is 27.6 Å². The zero-order valence-electron chi connectivity index (χ0n) is 23.4. The highest BCUT2D eigenvalue weighted by atomic mass is 79.9. The number of aryl methyl sites for hydroxylation is 1. The number of benzene rings is 3. The number of nitrogens with one attached hydrogen (secondary N) is 1. The average molecular weight is 683 g/mol. The third kappa shape index (κ3) is 8.70. The Morgan fingerprint density at radius 1 is 0.976 bits per heavy atom. The second kappa shape index (κ2) is 14.5. The van der Waals surface area contributed by atoms with Crippen LogP contribution in [0, 0.1) is 12.8 Å². The molecular formula is C30H34BrCl2N3O4S. The van der Waals surface area contributed by atoms with Gasteiger partial charge in [0.15, 0.2) is 0 Å². The third-order valence-corrected chi connectivity index (χ3v) is 9.33. The Morgan fingerprint density at radius 2 is 1.61 bits per heavy atom. The zero-order chi connectivity index (χ0) is 30.3. The van der Waals surface area contributed by atoms with Crippen LogP contribution in [0.15, 0.2) is 76.1 Å². The quantitative estimate of drug-likeness (QED) is 0.227. The lowest BCUT2D eigenvalue weighted by atomic mass is 10.1. The molecule has 11 heteroatoms. The van der Waals surface area contributed by atoms with Crippen LogP contribution in [0.1, 0.15) is 38.3 Å². The Bertz CT molecular complexity index is 1470. The van der Waals surface area contributed by atoms with Crippen LogP contribution >= 0.6 is 39.1 Å². The highest BCUT2D eigenvalue weighted by Crippen LogP contribution is 2.28. The zero-order valence-corrected chi connectivity index (χ0v) is 27.3. The van der Waals surface area contributed by atoms with Crippen molar-refractivity contribution in [3.8, 4) is 0 Å². The fourth-order valence-corrected chi connectivity index (χ4v) is 6.30. The van der Waals surface area contributed by atoms with Gasteiger partial charge in [-0.25, -0.2) is 8.42 Å². The van der Waals surface area contributed by atoms with E-state index in [1.54, 1.807) is 61.5 Å². The molecule has 41 heavy (non-hydrogen) atoms. The van der Waals surface area contributed by atoms with E-state index in [2.05, 4.69) is 21.2 Å². The summed E-state index contributed by atoms with van der Waals surface area (Å²) >= 11 is 15.9. The van der Waals surface area contributed by atoms with Gasteiger partial charge in [-0.05, 0) is 73.4 Å². The molecule has 0 bridgehead atoms. The molecule has 0 saturated heterocycles. The van der Waals surface area contributed by atoms with Gasteiger partial charge >= 0.3 is 0 Å². The molecule has 3 aromatic rings. The number of hydrogen-bond donors (Lipinski definition) is 1. The van der Waals surface area contributed by atoms with E-state index < -0.39 is 28.5 Å². The molecule has 2 amide bonds. The molecule has 0 heterocycles. The first kappa shape index (κ1) is 32.9. The molecule has 1 N–H and O–H groups in total. The van der Waals surface area contributed by atoms with Crippen LogP contribution in [0.4, 0.5) is 5.69 Å². The van der Waals surface area contributed by atoms with E-state index in [1.165, 1.54) is 17.0 Å². The predicted molar refractivity (Wildman–Crippen MR) is 169 cm³/mol. The van der Waals surface area contributed by atoms with Gasteiger partial charge in [0.2, 0.25) is 11.8 Å². The smallest absolute Gasteiger partial charge is 0.264 e. The number of halogens is 3. The lowest BCUT2D eigenvalue weighted by Gasteiger charge is -2.33. The van der Waals surface area contributed by atoms with Crippen molar-refractivity contribution in [3.63, 3.8) is 0 Å². The SMILES string of the molecule is CCC(C(=O)NCC(C)C)N(Cc1ccc(Cl)cc1Cl)C(=O)CN(c1ccc(Br)cc1)S(=O)(=O)c1ccc(C)cc1. The molecule has 0 aliphatic rings. The van der Waals surface area contributed by atoms with Gasteiger partial charge in [0.05, 0.1) is 10.6 Å². The van der Waals surface area contributed by atoms with Crippen molar-refractivity contribution in [1.82, 2.24) is 10.2 Å². The molecule has 1 unspecified atom stereocenters. The summed E-state index contributed by atoms with van der Waals surface area (Å²) in [6.45, 7) is 7.51. The van der Waals surface area contributed by atoms with Gasteiger partial charge < -0.3 is 10.2 Å². The van der Waals surface area contributed by atoms with E-state index in [0.29, 0.717) is 34.3 Å². The van der Waals surface area contributed by atoms with Crippen LogP contribution in [-0.4, -0.2) is 44.3 Å². The Labute approximate surface area is 261 Å². The molecule has 0 radical (unpaired) electrons. The maximum absolute atomic E-state index is 14.1. The van der Waals surface area contributed by atoms with E-state index in [0.717, 1.165) is 14.3 Å². The molecule has 0 saturated carbocycles. The average Bonchev–Trinajstić information content (AvgIpc) is 2.92. The fraction of sp³-hybridized carbons (Fsp3) is 0.333. The van der Waals surface area contributed by atoms with E-state index in [9.17, 15) is 18.0 Å². The third-order valence-electron chi connectivity index (χ3n) is 6.43. The number of hydrogen-bond acceptors (Lipinski definition) is 4. The van der Waals surface area contributed by atoms with Crippen LogP contribution in [0.25, 0.3) is 0 Å². The molecule has 0 aromatic heterocycles. The van der Waals surface area contributed by atoms with Gasteiger partial charge in [-0.2, -0.15) is 0 Å². The van der Waals surface area contributed by atoms with Crippen LogP contribution < -0.4 is 9.62 Å². The summed E-state index contributed by atoms with van der Waals surface area (Å²) in [7, 11) is -4.15. The van der Waals surface area contributed by atoms with Crippen molar-refractivity contribution < 1.29 is 18.0 Å². The van der Waals surface area contributed by atoms with Crippen LogP contribution in [0.5, 0.6) is 0 Å². The molecule has 7 nitrogen and oxygen atoms in total. The monoisotopic (exact) mass is 681 g/mol. The first-order valence-corrected chi connectivity index (χ1v) is 16.2. The highest BCUT2D eigenvalue weighted by Gasteiger charge is 2.34. The van der Waals surface area contributed by atoms with Gasteiger partial charge in [-0.1, -0.05) is 83.7 Å². The van der Waals surface area contributed by atoms with Gasteiger partial charge in [-0.3, -0.25) is 13.9 Å². The Hall–Kier alpha value is -2.59. The number of rotatable bonds is 12. The highest BCUT2D eigenvalue weighted by molar-refractivity contribution is 9.10. The summed E-state index contributed by atoms with van der Waals surface area (Å²) in [5.74, 6) is -0.670.